The van der Waals surface area contributed by atoms with Gasteiger partial charge in [0.1, 0.15) is 11.6 Å². The Labute approximate surface area is 154 Å². The molecule has 0 radical (unpaired) electrons. The maximum atomic E-state index is 14.0. The summed E-state index contributed by atoms with van der Waals surface area (Å²) < 4.78 is 14.0. The van der Waals surface area contributed by atoms with Crippen LogP contribution in [0.15, 0.2) is 66.7 Å². The van der Waals surface area contributed by atoms with Gasteiger partial charge >= 0.3 is 0 Å². The van der Waals surface area contributed by atoms with Crippen LogP contribution in [-0.2, 0) is 6.42 Å². The van der Waals surface area contributed by atoms with Gasteiger partial charge in [0.25, 0.3) is 0 Å². The van der Waals surface area contributed by atoms with Gasteiger partial charge < -0.3 is 4.98 Å². The molecule has 0 aliphatic heterocycles. The molecule has 0 saturated carbocycles. The third-order valence-electron chi connectivity index (χ3n) is 4.19. The van der Waals surface area contributed by atoms with E-state index in [1.165, 1.54) is 6.07 Å². The summed E-state index contributed by atoms with van der Waals surface area (Å²) in [4.78, 5) is 20.1. The summed E-state index contributed by atoms with van der Waals surface area (Å²) in [5, 5.41) is 0.605. The van der Waals surface area contributed by atoms with Crippen molar-refractivity contribution < 1.29 is 9.18 Å². The molecule has 0 aliphatic carbocycles. The number of carbonyl (C=O) groups is 1. The van der Waals surface area contributed by atoms with Crippen LogP contribution in [0.1, 0.15) is 15.9 Å². The van der Waals surface area contributed by atoms with Gasteiger partial charge in [0.2, 0.25) is 0 Å². The summed E-state index contributed by atoms with van der Waals surface area (Å²) in [7, 11) is 0. The van der Waals surface area contributed by atoms with Gasteiger partial charge in [0.05, 0.1) is 16.6 Å². The Morgan fingerprint density at radius 3 is 2.69 bits per heavy atom. The number of H-pyrrole nitrogens is 1. The summed E-state index contributed by atoms with van der Waals surface area (Å²) in [6.45, 7) is 0. The number of hydrogen-bond acceptors (Lipinski definition) is 2. The molecule has 3 nitrogen and oxygen atoms in total. The van der Waals surface area contributed by atoms with Crippen LogP contribution in [-0.4, -0.2) is 15.8 Å². The maximum Gasteiger partial charge on any atom is 0.167 e. The second-order valence-corrected chi connectivity index (χ2v) is 6.46. The molecular weight excluding hydrogens is 351 g/mol. The van der Waals surface area contributed by atoms with Gasteiger partial charge in [-0.3, -0.25) is 4.79 Å². The number of aromatic amines is 1. The minimum atomic E-state index is -0.344. The molecule has 128 valence electrons. The van der Waals surface area contributed by atoms with Gasteiger partial charge in [-0.2, -0.15) is 0 Å². The van der Waals surface area contributed by atoms with E-state index < -0.39 is 0 Å². The van der Waals surface area contributed by atoms with Crippen LogP contribution in [0.4, 0.5) is 4.39 Å². The summed E-state index contributed by atoms with van der Waals surface area (Å²) in [5.41, 5.74) is 3.21. The van der Waals surface area contributed by atoms with Crippen molar-refractivity contribution in [1.82, 2.24) is 9.97 Å². The average Bonchev–Trinajstić information content (AvgIpc) is 3.05. The molecule has 26 heavy (non-hydrogen) atoms. The third-order valence-corrected chi connectivity index (χ3v) is 4.42. The number of aromatic nitrogens is 2. The van der Waals surface area contributed by atoms with Crippen LogP contribution >= 0.6 is 11.6 Å². The first-order chi connectivity index (χ1) is 12.6. The van der Waals surface area contributed by atoms with Crippen LogP contribution in [0, 0.1) is 5.82 Å². The number of halogens is 2. The molecular formula is C21H14ClFN2O. The van der Waals surface area contributed by atoms with Gasteiger partial charge in [-0.25, -0.2) is 9.37 Å². The molecule has 1 aromatic heterocycles. The van der Waals surface area contributed by atoms with Crippen LogP contribution in [0.5, 0.6) is 0 Å². The third kappa shape index (κ3) is 3.24. The van der Waals surface area contributed by atoms with Crippen LogP contribution in [0.2, 0.25) is 5.02 Å². The van der Waals surface area contributed by atoms with Crippen molar-refractivity contribution in [1.29, 1.82) is 0 Å². The maximum absolute atomic E-state index is 14.0. The lowest BCUT2D eigenvalue weighted by molar-refractivity contribution is 0.0993. The number of Topliss-reactive ketones (excluding diaryl/α,β-unsaturated/α-hetero) is 1. The Hall–Kier alpha value is -2.98. The molecule has 0 amide bonds. The van der Waals surface area contributed by atoms with Gasteiger partial charge in [-0.15, -0.1) is 0 Å². The Balaban J connectivity index is 1.65. The molecule has 0 atom stereocenters. The molecule has 3 aromatic carbocycles. The van der Waals surface area contributed by atoms with E-state index in [1.807, 2.05) is 12.1 Å². The van der Waals surface area contributed by atoms with E-state index in [0.717, 1.165) is 5.56 Å². The molecule has 0 bridgehead atoms. The number of benzene rings is 3. The normalized spacial score (nSPS) is 11.0. The van der Waals surface area contributed by atoms with Gasteiger partial charge in [-0.1, -0.05) is 35.9 Å². The highest BCUT2D eigenvalue weighted by atomic mass is 35.5. The number of rotatable bonds is 4. The van der Waals surface area contributed by atoms with E-state index in [2.05, 4.69) is 9.97 Å². The van der Waals surface area contributed by atoms with Gasteiger partial charge in [0.15, 0.2) is 5.78 Å². The molecule has 0 fully saturated rings. The lowest BCUT2D eigenvalue weighted by Crippen LogP contribution is -2.03. The SMILES string of the molecule is O=C(Cc1cccc(Cl)c1)c1ccc2nc(-c3ccccc3F)[nH]c2c1. The zero-order chi connectivity index (χ0) is 18.1. The number of fused-ring (bicyclic) bond motifs is 1. The summed E-state index contributed by atoms with van der Waals surface area (Å²) in [6.07, 6.45) is 0.264. The highest BCUT2D eigenvalue weighted by Gasteiger charge is 2.12. The highest BCUT2D eigenvalue weighted by molar-refractivity contribution is 6.30. The molecule has 0 unspecified atom stereocenters. The lowest BCUT2D eigenvalue weighted by atomic mass is 10.0. The molecule has 5 heteroatoms. The quantitative estimate of drug-likeness (QED) is 0.489. The summed E-state index contributed by atoms with van der Waals surface area (Å²) in [5.74, 6) is 0.0811. The fraction of sp³-hybridized carbons (Fsp3) is 0.0476. The fourth-order valence-electron chi connectivity index (χ4n) is 2.90. The van der Waals surface area contributed by atoms with Crippen molar-refractivity contribution in [2.45, 2.75) is 6.42 Å². The fourth-order valence-corrected chi connectivity index (χ4v) is 3.11. The number of imidazole rings is 1. The molecule has 0 aliphatic rings. The molecule has 4 aromatic rings. The number of hydrogen-bond donors (Lipinski definition) is 1. The summed E-state index contributed by atoms with van der Waals surface area (Å²) >= 11 is 5.97. The smallest absolute Gasteiger partial charge is 0.167 e. The van der Waals surface area contributed by atoms with Crippen LogP contribution in [0.3, 0.4) is 0 Å². The number of nitrogens with one attached hydrogen (secondary N) is 1. The first kappa shape index (κ1) is 16.5. The predicted octanol–water partition coefficient (Wildman–Crippen LogP) is 5.45. The zero-order valence-electron chi connectivity index (χ0n) is 13.7. The van der Waals surface area contributed by atoms with Crippen LogP contribution < -0.4 is 0 Å². The topological polar surface area (TPSA) is 45.8 Å². The molecule has 1 N–H and O–H groups in total. The van der Waals surface area contributed by atoms with Crippen molar-refractivity contribution in [3.8, 4) is 11.4 Å². The first-order valence-corrected chi connectivity index (χ1v) is 8.50. The van der Waals surface area contributed by atoms with E-state index in [4.69, 9.17) is 11.6 Å². The summed E-state index contributed by atoms with van der Waals surface area (Å²) in [6, 6.07) is 18.9. The van der Waals surface area contributed by atoms with Crippen molar-refractivity contribution in [2.24, 2.45) is 0 Å². The van der Waals surface area contributed by atoms with Crippen molar-refractivity contribution in [3.63, 3.8) is 0 Å². The lowest BCUT2D eigenvalue weighted by Gasteiger charge is -2.02. The van der Waals surface area contributed by atoms with Crippen molar-refractivity contribution in [3.05, 3.63) is 88.7 Å². The number of carbonyl (C=O) groups excluding carboxylic acids is 1. The van der Waals surface area contributed by atoms with E-state index >= 15 is 0 Å². The van der Waals surface area contributed by atoms with E-state index in [1.54, 1.807) is 48.5 Å². The second kappa shape index (κ2) is 6.73. The van der Waals surface area contributed by atoms with E-state index in [-0.39, 0.29) is 18.0 Å². The Kier molecular flexibility index (Phi) is 4.27. The predicted molar refractivity (Wildman–Crippen MR) is 101 cm³/mol. The zero-order valence-corrected chi connectivity index (χ0v) is 14.4. The monoisotopic (exact) mass is 364 g/mol. The highest BCUT2D eigenvalue weighted by Crippen LogP contribution is 2.24. The van der Waals surface area contributed by atoms with Crippen molar-refractivity contribution in [2.75, 3.05) is 0 Å². The largest absolute Gasteiger partial charge is 0.338 e. The average molecular weight is 365 g/mol. The van der Waals surface area contributed by atoms with Gasteiger partial charge in [0, 0.05) is 17.0 Å². The number of nitrogens with zero attached hydrogens (tertiary/aromatic N) is 1. The van der Waals surface area contributed by atoms with Gasteiger partial charge in [-0.05, 0) is 48.0 Å². The van der Waals surface area contributed by atoms with Crippen LogP contribution in [0.25, 0.3) is 22.4 Å². The minimum absolute atomic E-state index is 0.0174. The number of ketones is 1. The molecule has 0 saturated heterocycles. The molecule has 0 spiro atoms. The van der Waals surface area contributed by atoms with E-state index in [0.29, 0.717) is 33.0 Å². The molecule has 4 rings (SSSR count). The first-order valence-electron chi connectivity index (χ1n) is 8.12. The molecule has 1 heterocycles. The Bertz CT molecular complexity index is 1120. The standard InChI is InChI=1S/C21H14ClFN2O/c22-15-5-3-4-13(10-15)11-20(26)14-8-9-18-19(12-14)25-21(24-18)16-6-1-2-7-17(16)23/h1-10,12H,11H2,(H,24,25). The Morgan fingerprint density at radius 2 is 1.88 bits per heavy atom. The van der Waals surface area contributed by atoms with E-state index in [9.17, 15) is 9.18 Å². The minimum Gasteiger partial charge on any atom is -0.338 e. The Morgan fingerprint density at radius 1 is 1.04 bits per heavy atom. The van der Waals surface area contributed by atoms with Crippen molar-refractivity contribution >= 4 is 28.4 Å². The second-order valence-electron chi connectivity index (χ2n) is 6.03.